The third-order valence-corrected chi connectivity index (χ3v) is 2.08. The number of hydrogen-bond donors (Lipinski definition) is 1. The quantitative estimate of drug-likeness (QED) is 0.717. The van der Waals surface area contributed by atoms with E-state index in [4.69, 9.17) is 5.73 Å². The molecule has 1 aromatic rings. The average molecular weight is 178 g/mol. The molecular weight excluding hydrogens is 164 g/mol. The molecule has 1 aromatic carbocycles. The summed E-state index contributed by atoms with van der Waals surface area (Å²) >= 11 is 0. The zero-order chi connectivity index (χ0) is 9.68. The molecule has 0 saturated carbocycles. The van der Waals surface area contributed by atoms with Crippen molar-refractivity contribution in [3.63, 3.8) is 0 Å². The maximum absolute atomic E-state index is 10.4. The monoisotopic (exact) mass is 178 g/mol. The van der Waals surface area contributed by atoms with Gasteiger partial charge >= 0.3 is 0 Å². The first-order valence-corrected chi connectivity index (χ1v) is 4.40. The Hall–Kier alpha value is -1.22. The molecule has 0 aliphatic carbocycles. The van der Waals surface area contributed by atoms with Crippen LogP contribution in [0.25, 0.3) is 0 Å². The molecule has 70 valence electrons. The second-order valence-electron chi connectivity index (χ2n) is 3.02. The molecule has 0 aliphatic heterocycles. The zero-order valence-electron chi connectivity index (χ0n) is 7.73. The van der Waals surface area contributed by atoms with Crippen LogP contribution in [0.1, 0.15) is 24.1 Å². The van der Waals surface area contributed by atoms with E-state index in [1.807, 2.05) is 24.3 Å². The van der Waals surface area contributed by atoms with Crippen LogP contribution in [0.5, 0.6) is 0 Å². The van der Waals surface area contributed by atoms with Crippen molar-refractivity contribution < 1.29 is 0 Å². The second kappa shape index (κ2) is 4.72. The van der Waals surface area contributed by atoms with Crippen LogP contribution in [0.2, 0.25) is 0 Å². The summed E-state index contributed by atoms with van der Waals surface area (Å²) in [6, 6.07) is 7.51. The van der Waals surface area contributed by atoms with E-state index in [1.165, 1.54) is 0 Å². The van der Waals surface area contributed by atoms with Crippen LogP contribution >= 0.6 is 0 Å². The van der Waals surface area contributed by atoms with Crippen molar-refractivity contribution in [1.82, 2.24) is 0 Å². The van der Waals surface area contributed by atoms with Gasteiger partial charge in [0.05, 0.1) is 0 Å². The van der Waals surface area contributed by atoms with Gasteiger partial charge in [0.15, 0.2) is 0 Å². The van der Waals surface area contributed by atoms with E-state index in [0.29, 0.717) is 6.54 Å². The number of nitrogens with two attached hydrogens (primary N) is 1. The highest BCUT2D eigenvalue weighted by atomic mass is 16.3. The summed E-state index contributed by atoms with van der Waals surface area (Å²) in [6.07, 6.45) is 0.802. The van der Waals surface area contributed by atoms with Crippen LogP contribution < -0.4 is 5.73 Å². The molecule has 3 nitrogen and oxygen atoms in total. The standard InChI is InChI=1S/C10H14N2O/c1-8(12-13)10-5-3-2-4-9(10)6-7-11/h2-5,8H,6-7,11H2,1H3. The van der Waals surface area contributed by atoms with Gasteiger partial charge in [-0.1, -0.05) is 29.4 Å². The molecule has 1 unspecified atom stereocenters. The first kappa shape index (κ1) is 9.86. The van der Waals surface area contributed by atoms with Gasteiger partial charge < -0.3 is 5.73 Å². The lowest BCUT2D eigenvalue weighted by molar-refractivity contribution is 0.788. The number of rotatable bonds is 4. The van der Waals surface area contributed by atoms with Gasteiger partial charge in [0.2, 0.25) is 0 Å². The third-order valence-electron chi connectivity index (χ3n) is 2.08. The molecule has 0 bridgehead atoms. The normalized spacial score (nSPS) is 12.5. The minimum Gasteiger partial charge on any atom is -0.330 e. The summed E-state index contributed by atoms with van der Waals surface area (Å²) in [5, 5.41) is 3.01. The van der Waals surface area contributed by atoms with E-state index in [9.17, 15) is 4.91 Å². The summed E-state index contributed by atoms with van der Waals surface area (Å²) in [4.78, 5) is 10.4. The highest BCUT2D eigenvalue weighted by molar-refractivity contribution is 5.30. The molecule has 1 atom stereocenters. The summed E-state index contributed by atoms with van der Waals surface area (Å²) in [5.74, 6) is 0. The van der Waals surface area contributed by atoms with Crippen molar-refractivity contribution in [3.8, 4) is 0 Å². The molecule has 0 aromatic heterocycles. The van der Waals surface area contributed by atoms with Gasteiger partial charge in [-0.3, -0.25) is 0 Å². The van der Waals surface area contributed by atoms with Crippen LogP contribution in [0.4, 0.5) is 0 Å². The van der Waals surface area contributed by atoms with Crippen LogP contribution in [0.15, 0.2) is 29.4 Å². The van der Waals surface area contributed by atoms with Crippen molar-refractivity contribution in [3.05, 3.63) is 40.3 Å². The molecule has 0 amide bonds. The number of nitroso groups, excluding NO2 is 1. The minimum absolute atomic E-state index is 0.275. The van der Waals surface area contributed by atoms with Crippen molar-refractivity contribution in [1.29, 1.82) is 0 Å². The highest BCUT2D eigenvalue weighted by Crippen LogP contribution is 2.20. The molecule has 0 saturated heterocycles. The lowest BCUT2D eigenvalue weighted by Gasteiger charge is -2.09. The Kier molecular flexibility index (Phi) is 3.58. The highest BCUT2D eigenvalue weighted by Gasteiger charge is 2.08. The minimum atomic E-state index is -0.275. The Morgan fingerprint density at radius 1 is 1.46 bits per heavy atom. The predicted molar refractivity (Wildman–Crippen MR) is 53.4 cm³/mol. The van der Waals surface area contributed by atoms with Crippen LogP contribution in [-0.4, -0.2) is 6.54 Å². The second-order valence-corrected chi connectivity index (χ2v) is 3.02. The van der Waals surface area contributed by atoms with Gasteiger partial charge in [-0.25, -0.2) is 0 Å². The number of nitrogens with zero attached hydrogens (tertiary/aromatic N) is 1. The van der Waals surface area contributed by atoms with E-state index in [0.717, 1.165) is 17.5 Å². The predicted octanol–water partition coefficient (Wildman–Crippen LogP) is 2.02. The Bertz CT molecular complexity index is 286. The van der Waals surface area contributed by atoms with E-state index in [2.05, 4.69) is 5.18 Å². The molecule has 0 heterocycles. The summed E-state index contributed by atoms with van der Waals surface area (Å²) < 4.78 is 0. The Morgan fingerprint density at radius 3 is 2.77 bits per heavy atom. The maximum Gasteiger partial charge on any atom is 0.114 e. The van der Waals surface area contributed by atoms with Crippen molar-refractivity contribution >= 4 is 0 Å². The average Bonchev–Trinajstić information content (AvgIpc) is 2.18. The van der Waals surface area contributed by atoms with Crippen LogP contribution in [0, 0.1) is 4.91 Å². The topological polar surface area (TPSA) is 55.5 Å². The largest absolute Gasteiger partial charge is 0.330 e. The lowest BCUT2D eigenvalue weighted by atomic mass is 10.00. The summed E-state index contributed by atoms with van der Waals surface area (Å²) in [7, 11) is 0. The molecule has 2 N–H and O–H groups in total. The maximum atomic E-state index is 10.4. The first-order chi connectivity index (χ1) is 6.29. The zero-order valence-corrected chi connectivity index (χ0v) is 7.73. The van der Waals surface area contributed by atoms with Gasteiger partial charge in [-0.05, 0) is 31.0 Å². The van der Waals surface area contributed by atoms with Crippen molar-refractivity contribution in [2.45, 2.75) is 19.4 Å². The fourth-order valence-corrected chi connectivity index (χ4v) is 1.38. The van der Waals surface area contributed by atoms with Gasteiger partial charge in [-0.15, -0.1) is 0 Å². The SMILES string of the molecule is CC(N=O)c1ccccc1CCN. The Morgan fingerprint density at radius 2 is 2.15 bits per heavy atom. The van der Waals surface area contributed by atoms with E-state index >= 15 is 0 Å². The van der Waals surface area contributed by atoms with E-state index in [-0.39, 0.29) is 6.04 Å². The molecule has 1 rings (SSSR count). The van der Waals surface area contributed by atoms with Crippen LogP contribution in [-0.2, 0) is 6.42 Å². The van der Waals surface area contributed by atoms with Crippen molar-refractivity contribution in [2.75, 3.05) is 6.54 Å². The number of benzene rings is 1. The Balaban J connectivity index is 2.96. The molecule has 13 heavy (non-hydrogen) atoms. The van der Waals surface area contributed by atoms with Gasteiger partial charge in [0, 0.05) is 0 Å². The van der Waals surface area contributed by atoms with Crippen molar-refractivity contribution in [2.24, 2.45) is 10.9 Å². The molecule has 0 spiro atoms. The third kappa shape index (κ3) is 2.36. The molecule has 0 radical (unpaired) electrons. The van der Waals surface area contributed by atoms with E-state index in [1.54, 1.807) is 6.92 Å². The Labute approximate surface area is 77.9 Å². The van der Waals surface area contributed by atoms with E-state index < -0.39 is 0 Å². The first-order valence-electron chi connectivity index (χ1n) is 4.40. The summed E-state index contributed by atoms with van der Waals surface area (Å²) in [6.45, 7) is 2.39. The smallest absolute Gasteiger partial charge is 0.114 e. The number of hydrogen-bond acceptors (Lipinski definition) is 3. The lowest BCUT2D eigenvalue weighted by Crippen LogP contribution is -2.06. The van der Waals surface area contributed by atoms with Crippen LogP contribution in [0.3, 0.4) is 0 Å². The fraction of sp³-hybridized carbons (Fsp3) is 0.400. The van der Waals surface area contributed by atoms with Gasteiger partial charge in [-0.2, -0.15) is 4.91 Å². The van der Waals surface area contributed by atoms with Gasteiger partial charge in [0.25, 0.3) is 0 Å². The molecule has 0 aliphatic rings. The molecular formula is C10H14N2O. The fourth-order valence-electron chi connectivity index (χ4n) is 1.38. The summed E-state index contributed by atoms with van der Waals surface area (Å²) in [5.41, 5.74) is 7.57. The molecule has 0 fully saturated rings. The van der Waals surface area contributed by atoms with Gasteiger partial charge in [0.1, 0.15) is 6.04 Å². The molecule has 3 heteroatoms.